The molecule has 7 nitrogen and oxygen atoms in total. The van der Waals surface area contributed by atoms with Gasteiger partial charge in [-0.15, -0.1) is 10.2 Å². The minimum absolute atomic E-state index is 0.111. The predicted molar refractivity (Wildman–Crippen MR) is 94.9 cm³/mol. The molecule has 1 N–H and O–H groups in total. The fourth-order valence-electron chi connectivity index (χ4n) is 2.10. The largest absolute Gasteiger partial charge is 0.491 e. The zero-order chi connectivity index (χ0) is 17.8. The second kappa shape index (κ2) is 7.43. The van der Waals surface area contributed by atoms with E-state index in [0.29, 0.717) is 10.9 Å². The summed E-state index contributed by atoms with van der Waals surface area (Å²) in [7, 11) is 0. The Balaban J connectivity index is 1.69. The molecule has 25 heavy (non-hydrogen) atoms. The Hall–Kier alpha value is -2.74. The Morgan fingerprint density at radius 1 is 1.28 bits per heavy atom. The van der Waals surface area contributed by atoms with Crippen molar-refractivity contribution in [1.82, 2.24) is 15.4 Å². The molecular weight excluding hydrogens is 340 g/mol. The highest BCUT2D eigenvalue weighted by Crippen LogP contribution is 2.24. The molecule has 8 heteroatoms. The molecule has 0 aliphatic rings. The summed E-state index contributed by atoms with van der Waals surface area (Å²) < 4.78 is 10.9. The third-order valence-corrected chi connectivity index (χ3v) is 4.23. The molecule has 0 fully saturated rings. The van der Waals surface area contributed by atoms with Crippen LogP contribution in [0.3, 0.4) is 0 Å². The maximum atomic E-state index is 12.2. The van der Waals surface area contributed by atoms with E-state index in [0.717, 1.165) is 22.7 Å². The number of hydrogen-bond donors (Lipinski definition) is 1. The summed E-state index contributed by atoms with van der Waals surface area (Å²) in [6, 6.07) is 9.02. The molecule has 2 heterocycles. The standard InChI is InChI=1S/C17H18N4O3S/c1-4-15-19-20-17(25-15)18-16(22)13-9-14(24-21-13)11-5-7-12(8-6-11)23-10(2)3/h5-10H,4H2,1-3H3,(H,18,20,22). The summed E-state index contributed by atoms with van der Waals surface area (Å²) in [5.74, 6) is 0.903. The highest BCUT2D eigenvalue weighted by molar-refractivity contribution is 7.15. The van der Waals surface area contributed by atoms with E-state index in [1.807, 2.05) is 45.0 Å². The number of amides is 1. The number of anilines is 1. The average Bonchev–Trinajstić information content (AvgIpc) is 3.24. The van der Waals surface area contributed by atoms with E-state index in [1.165, 1.54) is 11.3 Å². The summed E-state index contributed by atoms with van der Waals surface area (Å²) in [5, 5.41) is 15.7. The van der Waals surface area contributed by atoms with Gasteiger partial charge in [-0.3, -0.25) is 10.1 Å². The van der Waals surface area contributed by atoms with Gasteiger partial charge in [0.2, 0.25) is 5.13 Å². The number of hydrogen-bond acceptors (Lipinski definition) is 7. The summed E-state index contributed by atoms with van der Waals surface area (Å²) >= 11 is 1.34. The molecule has 0 radical (unpaired) electrons. The van der Waals surface area contributed by atoms with Crippen molar-refractivity contribution >= 4 is 22.4 Å². The molecule has 1 amide bonds. The molecule has 0 unspecified atom stereocenters. The first kappa shape index (κ1) is 17.1. The first-order chi connectivity index (χ1) is 12.0. The van der Waals surface area contributed by atoms with Crippen LogP contribution in [0, 0.1) is 0 Å². The van der Waals surface area contributed by atoms with Gasteiger partial charge in [-0.1, -0.05) is 23.4 Å². The number of aromatic nitrogens is 3. The molecule has 0 aliphatic carbocycles. The molecule has 130 valence electrons. The highest BCUT2D eigenvalue weighted by Gasteiger charge is 2.16. The quantitative estimate of drug-likeness (QED) is 0.721. The lowest BCUT2D eigenvalue weighted by Gasteiger charge is -2.09. The normalized spacial score (nSPS) is 10.9. The van der Waals surface area contributed by atoms with E-state index >= 15 is 0 Å². The number of benzene rings is 1. The predicted octanol–water partition coefficient (Wildman–Crippen LogP) is 3.80. The molecule has 0 atom stereocenters. The maximum Gasteiger partial charge on any atom is 0.279 e. The van der Waals surface area contributed by atoms with Crippen LogP contribution < -0.4 is 10.1 Å². The van der Waals surface area contributed by atoms with E-state index in [2.05, 4.69) is 20.7 Å². The summed E-state index contributed by atoms with van der Waals surface area (Å²) in [4.78, 5) is 12.2. The highest BCUT2D eigenvalue weighted by atomic mass is 32.1. The number of ether oxygens (including phenoxy) is 1. The van der Waals surface area contributed by atoms with Gasteiger partial charge in [0.1, 0.15) is 10.8 Å². The smallest absolute Gasteiger partial charge is 0.279 e. The van der Waals surface area contributed by atoms with Gasteiger partial charge in [-0.2, -0.15) is 0 Å². The van der Waals surface area contributed by atoms with E-state index in [-0.39, 0.29) is 17.7 Å². The van der Waals surface area contributed by atoms with Crippen LogP contribution in [0.25, 0.3) is 11.3 Å². The number of rotatable bonds is 6. The molecular formula is C17H18N4O3S. The van der Waals surface area contributed by atoms with Gasteiger partial charge in [0.15, 0.2) is 11.5 Å². The summed E-state index contributed by atoms with van der Waals surface area (Å²) in [6.07, 6.45) is 0.887. The van der Waals surface area contributed by atoms with Crippen molar-refractivity contribution < 1.29 is 14.1 Å². The second-order valence-electron chi connectivity index (χ2n) is 5.58. The van der Waals surface area contributed by atoms with Crippen LogP contribution >= 0.6 is 11.3 Å². The molecule has 0 saturated carbocycles. The van der Waals surface area contributed by atoms with Gasteiger partial charge in [0.05, 0.1) is 6.10 Å². The van der Waals surface area contributed by atoms with E-state index in [9.17, 15) is 4.79 Å². The molecule has 3 aromatic rings. The topological polar surface area (TPSA) is 90.1 Å². The molecule has 0 spiro atoms. The lowest BCUT2D eigenvalue weighted by molar-refractivity contribution is 0.101. The van der Waals surface area contributed by atoms with Crippen molar-refractivity contribution in [1.29, 1.82) is 0 Å². The Labute approximate surface area is 149 Å². The van der Waals surface area contributed by atoms with Crippen LogP contribution in [0.4, 0.5) is 5.13 Å². The van der Waals surface area contributed by atoms with Gasteiger partial charge < -0.3 is 9.26 Å². The number of carbonyl (C=O) groups is 1. The minimum atomic E-state index is -0.381. The number of aryl methyl sites for hydroxylation is 1. The Bertz CT molecular complexity index is 855. The van der Waals surface area contributed by atoms with Crippen LogP contribution in [0.2, 0.25) is 0 Å². The number of nitrogens with one attached hydrogen (secondary N) is 1. The van der Waals surface area contributed by atoms with E-state index in [4.69, 9.17) is 9.26 Å². The van der Waals surface area contributed by atoms with E-state index < -0.39 is 0 Å². The van der Waals surface area contributed by atoms with Crippen molar-refractivity contribution in [2.24, 2.45) is 0 Å². The van der Waals surface area contributed by atoms with Crippen molar-refractivity contribution in [3.05, 3.63) is 41.0 Å². The van der Waals surface area contributed by atoms with Crippen molar-refractivity contribution in [2.45, 2.75) is 33.3 Å². The van der Waals surface area contributed by atoms with Gasteiger partial charge >= 0.3 is 0 Å². The van der Waals surface area contributed by atoms with Crippen LogP contribution in [0.1, 0.15) is 36.3 Å². The average molecular weight is 358 g/mol. The minimum Gasteiger partial charge on any atom is -0.491 e. The summed E-state index contributed by atoms with van der Waals surface area (Å²) in [5.41, 5.74) is 0.998. The zero-order valence-electron chi connectivity index (χ0n) is 14.1. The Kier molecular flexibility index (Phi) is 5.08. The molecule has 1 aromatic carbocycles. The number of carbonyl (C=O) groups excluding carboxylic acids is 1. The van der Waals surface area contributed by atoms with Crippen molar-refractivity contribution in [2.75, 3.05) is 5.32 Å². The second-order valence-corrected chi connectivity index (χ2v) is 6.64. The number of nitrogens with zero attached hydrogens (tertiary/aromatic N) is 3. The van der Waals surface area contributed by atoms with Gasteiger partial charge in [-0.05, 0) is 44.5 Å². The third-order valence-electron chi connectivity index (χ3n) is 3.24. The molecule has 3 rings (SSSR count). The van der Waals surface area contributed by atoms with Crippen LogP contribution in [-0.4, -0.2) is 27.4 Å². The third kappa shape index (κ3) is 4.21. The Morgan fingerprint density at radius 3 is 2.68 bits per heavy atom. The van der Waals surface area contributed by atoms with Gasteiger partial charge in [-0.25, -0.2) is 0 Å². The molecule has 0 bridgehead atoms. The first-order valence-electron chi connectivity index (χ1n) is 7.92. The van der Waals surface area contributed by atoms with Crippen molar-refractivity contribution in [3.63, 3.8) is 0 Å². The SMILES string of the molecule is CCc1nnc(NC(=O)c2cc(-c3ccc(OC(C)C)cc3)on2)s1. The van der Waals surface area contributed by atoms with Crippen LogP contribution in [0.15, 0.2) is 34.9 Å². The van der Waals surface area contributed by atoms with E-state index in [1.54, 1.807) is 6.07 Å². The van der Waals surface area contributed by atoms with Crippen LogP contribution in [0.5, 0.6) is 5.75 Å². The Morgan fingerprint density at radius 2 is 2.04 bits per heavy atom. The monoisotopic (exact) mass is 358 g/mol. The zero-order valence-corrected chi connectivity index (χ0v) is 15.0. The lowest BCUT2D eigenvalue weighted by atomic mass is 10.1. The van der Waals surface area contributed by atoms with Gasteiger partial charge in [0, 0.05) is 11.6 Å². The first-order valence-corrected chi connectivity index (χ1v) is 8.74. The molecule has 2 aromatic heterocycles. The molecule has 0 saturated heterocycles. The fraction of sp³-hybridized carbons (Fsp3) is 0.294. The van der Waals surface area contributed by atoms with Crippen molar-refractivity contribution in [3.8, 4) is 17.1 Å². The van der Waals surface area contributed by atoms with Crippen LogP contribution in [-0.2, 0) is 6.42 Å². The summed E-state index contributed by atoms with van der Waals surface area (Å²) in [6.45, 7) is 5.92. The van der Waals surface area contributed by atoms with Gasteiger partial charge in [0.25, 0.3) is 5.91 Å². The molecule has 0 aliphatic heterocycles. The lowest BCUT2D eigenvalue weighted by Crippen LogP contribution is -2.11. The maximum absolute atomic E-state index is 12.2. The fourth-order valence-corrected chi connectivity index (χ4v) is 2.77.